The Balaban J connectivity index is 1.60. The number of fused-ring (bicyclic) bond motifs is 2. The molecule has 1 aliphatic carbocycles. The summed E-state index contributed by atoms with van der Waals surface area (Å²) in [6.45, 7) is 8.46. The van der Waals surface area contributed by atoms with E-state index in [-0.39, 0.29) is 11.6 Å². The SMILES string of the molecule is CC(C)(C)N1CCC(NC2C=C(C(F)(F)F)C=C3Sc4cc(Br)ccc4N=C32)CC1. The Kier molecular flexibility index (Phi) is 5.98. The van der Waals surface area contributed by atoms with E-state index in [0.29, 0.717) is 10.6 Å². The van der Waals surface area contributed by atoms with E-state index >= 15 is 0 Å². The summed E-state index contributed by atoms with van der Waals surface area (Å²) in [6.07, 6.45) is -0.0410. The average molecular weight is 500 g/mol. The summed E-state index contributed by atoms with van der Waals surface area (Å²) in [5.74, 6) is 0. The molecule has 30 heavy (non-hydrogen) atoms. The van der Waals surface area contributed by atoms with Crippen LogP contribution < -0.4 is 5.32 Å². The zero-order chi connectivity index (χ0) is 21.7. The third-order valence-electron chi connectivity index (χ3n) is 5.75. The van der Waals surface area contributed by atoms with Gasteiger partial charge in [-0.2, -0.15) is 13.2 Å². The number of rotatable bonds is 2. The maximum absolute atomic E-state index is 13.6. The van der Waals surface area contributed by atoms with E-state index in [1.807, 2.05) is 18.2 Å². The first-order chi connectivity index (χ1) is 14.0. The van der Waals surface area contributed by atoms with Crippen LogP contribution >= 0.6 is 27.7 Å². The van der Waals surface area contributed by atoms with Crippen molar-refractivity contribution in [2.45, 2.75) is 62.3 Å². The summed E-state index contributed by atoms with van der Waals surface area (Å²) in [5.41, 5.74) is 0.985. The van der Waals surface area contributed by atoms with Gasteiger partial charge in [-0.1, -0.05) is 27.7 Å². The molecule has 1 atom stereocenters. The van der Waals surface area contributed by atoms with Gasteiger partial charge in [0.05, 0.1) is 23.0 Å². The Morgan fingerprint density at radius 1 is 1.17 bits per heavy atom. The standard InChI is InChI=1S/C22H25BrF3N3S/c1-21(2,3)29-8-6-15(7-9-29)27-17-10-13(22(24,25)26)11-19-20(17)28-16-5-4-14(23)12-18(16)30-19/h4-5,10-12,15,17,27H,6-9H2,1-3H3. The first kappa shape index (κ1) is 22.1. The van der Waals surface area contributed by atoms with Crippen LogP contribution in [0.2, 0.25) is 0 Å². The number of aliphatic imine (C=N–C) groups is 1. The molecule has 3 nitrogen and oxygen atoms in total. The lowest BCUT2D eigenvalue weighted by Gasteiger charge is -2.42. The normalized spacial score (nSPS) is 23.3. The second-order valence-corrected chi connectivity index (χ2v) is 10.9. The number of nitrogens with one attached hydrogen (secondary N) is 1. The molecule has 2 aliphatic heterocycles. The number of hydrogen-bond acceptors (Lipinski definition) is 4. The molecule has 1 fully saturated rings. The topological polar surface area (TPSA) is 27.6 Å². The van der Waals surface area contributed by atoms with Crippen LogP contribution in [0.25, 0.3) is 0 Å². The molecule has 2 heterocycles. The van der Waals surface area contributed by atoms with Crippen molar-refractivity contribution in [2.75, 3.05) is 13.1 Å². The Morgan fingerprint density at radius 3 is 2.50 bits per heavy atom. The van der Waals surface area contributed by atoms with Crippen molar-refractivity contribution < 1.29 is 13.2 Å². The van der Waals surface area contributed by atoms with Crippen LogP contribution in [-0.4, -0.2) is 47.5 Å². The first-order valence-corrected chi connectivity index (χ1v) is 11.7. The lowest BCUT2D eigenvalue weighted by Crippen LogP contribution is -2.53. The largest absolute Gasteiger partial charge is 0.416 e. The summed E-state index contributed by atoms with van der Waals surface area (Å²) in [7, 11) is 0. The highest BCUT2D eigenvalue weighted by molar-refractivity contribution is 9.10. The number of piperidine rings is 1. The van der Waals surface area contributed by atoms with Crippen LogP contribution in [0.4, 0.5) is 18.9 Å². The molecule has 8 heteroatoms. The lowest BCUT2D eigenvalue weighted by atomic mass is 9.94. The van der Waals surface area contributed by atoms with Crippen molar-refractivity contribution in [1.29, 1.82) is 0 Å². The Morgan fingerprint density at radius 2 is 1.87 bits per heavy atom. The van der Waals surface area contributed by atoms with Gasteiger partial charge in [0, 0.05) is 38.9 Å². The third kappa shape index (κ3) is 4.71. The summed E-state index contributed by atoms with van der Waals surface area (Å²) in [5, 5.41) is 3.48. The van der Waals surface area contributed by atoms with Crippen LogP contribution in [0.15, 0.2) is 55.2 Å². The molecule has 1 aromatic rings. The number of thioether (sulfide) groups is 1. The highest BCUT2D eigenvalue weighted by atomic mass is 79.9. The molecule has 1 unspecified atom stereocenters. The molecule has 0 bridgehead atoms. The van der Waals surface area contributed by atoms with Crippen molar-refractivity contribution in [1.82, 2.24) is 10.2 Å². The fourth-order valence-electron chi connectivity index (χ4n) is 4.07. The van der Waals surface area contributed by atoms with Gasteiger partial charge in [-0.3, -0.25) is 4.90 Å². The van der Waals surface area contributed by atoms with Gasteiger partial charge in [0.15, 0.2) is 0 Å². The molecular weight excluding hydrogens is 475 g/mol. The lowest BCUT2D eigenvalue weighted by molar-refractivity contribution is -0.0886. The Hall–Kier alpha value is -1.09. The molecule has 1 saturated heterocycles. The van der Waals surface area contributed by atoms with Crippen molar-refractivity contribution in [2.24, 2.45) is 4.99 Å². The molecule has 0 saturated carbocycles. The second-order valence-electron chi connectivity index (χ2n) is 8.92. The van der Waals surface area contributed by atoms with E-state index in [0.717, 1.165) is 41.0 Å². The first-order valence-electron chi connectivity index (χ1n) is 10.1. The number of allylic oxidation sites excluding steroid dienone is 2. The highest BCUT2D eigenvalue weighted by Gasteiger charge is 2.39. The van der Waals surface area contributed by atoms with E-state index in [1.165, 1.54) is 23.9 Å². The third-order valence-corrected chi connectivity index (χ3v) is 7.34. The van der Waals surface area contributed by atoms with Crippen molar-refractivity contribution >= 4 is 39.1 Å². The molecule has 1 aromatic carbocycles. The van der Waals surface area contributed by atoms with Gasteiger partial charge in [0.25, 0.3) is 0 Å². The van der Waals surface area contributed by atoms with Gasteiger partial charge < -0.3 is 5.32 Å². The molecule has 0 aromatic heterocycles. The van der Waals surface area contributed by atoms with Crippen LogP contribution in [0.5, 0.6) is 0 Å². The Labute approximate surface area is 188 Å². The highest BCUT2D eigenvalue weighted by Crippen LogP contribution is 2.45. The van der Waals surface area contributed by atoms with Gasteiger partial charge in [-0.15, -0.1) is 0 Å². The molecule has 0 amide bonds. The minimum atomic E-state index is -4.38. The van der Waals surface area contributed by atoms with Gasteiger partial charge in [-0.05, 0) is 64.0 Å². The monoisotopic (exact) mass is 499 g/mol. The second kappa shape index (κ2) is 8.11. The molecule has 0 spiro atoms. The van der Waals surface area contributed by atoms with Gasteiger partial charge >= 0.3 is 6.18 Å². The average Bonchev–Trinajstić information content (AvgIpc) is 2.65. The summed E-state index contributed by atoms with van der Waals surface area (Å²) in [4.78, 5) is 8.61. The van der Waals surface area contributed by atoms with Crippen LogP contribution in [-0.2, 0) is 0 Å². The molecule has 162 valence electrons. The maximum atomic E-state index is 13.6. The summed E-state index contributed by atoms with van der Waals surface area (Å²) in [6, 6.07) is 5.33. The van der Waals surface area contributed by atoms with E-state index < -0.39 is 17.8 Å². The van der Waals surface area contributed by atoms with Crippen LogP contribution in [0, 0.1) is 0 Å². The summed E-state index contributed by atoms with van der Waals surface area (Å²) < 4.78 is 41.7. The predicted molar refractivity (Wildman–Crippen MR) is 121 cm³/mol. The molecule has 4 rings (SSSR count). The number of alkyl halides is 3. The number of likely N-dealkylation sites (tertiary alicyclic amines) is 1. The van der Waals surface area contributed by atoms with Gasteiger partial charge in [0.1, 0.15) is 0 Å². The molecular formula is C22H25BrF3N3S. The van der Waals surface area contributed by atoms with E-state index in [1.54, 1.807) is 0 Å². The molecule has 0 radical (unpaired) electrons. The Bertz CT molecular complexity index is 923. The smallest absolute Gasteiger partial charge is 0.303 e. The summed E-state index contributed by atoms with van der Waals surface area (Å²) >= 11 is 4.79. The minimum absolute atomic E-state index is 0.108. The molecule has 3 aliphatic rings. The van der Waals surface area contributed by atoms with Gasteiger partial charge in [-0.25, -0.2) is 4.99 Å². The van der Waals surface area contributed by atoms with E-state index in [9.17, 15) is 13.2 Å². The quantitative estimate of drug-likeness (QED) is 0.522. The fraction of sp³-hybridized carbons (Fsp3) is 0.500. The molecule has 1 N–H and O–H groups in total. The van der Waals surface area contributed by atoms with E-state index in [2.05, 4.69) is 46.9 Å². The zero-order valence-electron chi connectivity index (χ0n) is 17.2. The minimum Gasteiger partial charge on any atom is -0.303 e. The number of benzene rings is 1. The predicted octanol–water partition coefficient (Wildman–Crippen LogP) is 6.23. The number of hydrogen-bond donors (Lipinski definition) is 1. The number of nitrogens with zero attached hydrogens (tertiary/aromatic N) is 2. The van der Waals surface area contributed by atoms with E-state index in [4.69, 9.17) is 4.99 Å². The van der Waals surface area contributed by atoms with Crippen LogP contribution in [0.3, 0.4) is 0 Å². The van der Waals surface area contributed by atoms with Crippen molar-refractivity contribution in [3.8, 4) is 0 Å². The number of halogens is 4. The van der Waals surface area contributed by atoms with Gasteiger partial charge in [0.2, 0.25) is 0 Å². The van der Waals surface area contributed by atoms with Crippen LogP contribution in [0.1, 0.15) is 33.6 Å². The fourth-order valence-corrected chi connectivity index (χ4v) is 5.68. The van der Waals surface area contributed by atoms with Crippen molar-refractivity contribution in [3.63, 3.8) is 0 Å². The van der Waals surface area contributed by atoms with Crippen molar-refractivity contribution in [3.05, 3.63) is 45.3 Å². The zero-order valence-corrected chi connectivity index (χ0v) is 19.6. The maximum Gasteiger partial charge on any atom is 0.416 e.